The van der Waals surface area contributed by atoms with Gasteiger partial charge < -0.3 is 34.1 Å². The third kappa shape index (κ3) is 15.6. The second-order valence-electron chi connectivity index (χ2n) is 13.2. The molecule has 0 radical (unpaired) electrons. The van der Waals surface area contributed by atoms with Crippen LogP contribution >= 0.6 is 0 Å². The van der Waals surface area contributed by atoms with E-state index in [1.165, 1.54) is 24.3 Å². The van der Waals surface area contributed by atoms with Crippen LogP contribution in [-0.4, -0.2) is 79.8 Å². The maximum absolute atomic E-state index is 13.0. The van der Waals surface area contributed by atoms with Crippen LogP contribution in [0.5, 0.6) is 11.5 Å². The number of alkyl halides is 6. The number of aromatic nitrogens is 2. The zero-order chi connectivity index (χ0) is 42.1. The highest BCUT2D eigenvalue weighted by molar-refractivity contribution is 5.86. The van der Waals surface area contributed by atoms with Crippen LogP contribution in [0.15, 0.2) is 38.3 Å². The number of hydrogen-bond donors (Lipinski definition) is 2. The first-order valence-corrected chi connectivity index (χ1v) is 18.4. The van der Waals surface area contributed by atoms with Crippen LogP contribution in [0.1, 0.15) is 97.2 Å². The molecule has 0 atom stereocenters. The topological polar surface area (TPSA) is 144 Å². The SMILES string of the molecule is C.CC(C)N=C=O.CCCc1c(OCCCN(C)C(=O)NC(C)C)ccc2c(C(F)(F)F)noc12.CCCc1c(OCCCNC)ccc2c(C(F)(F)F)noc12. The van der Waals surface area contributed by atoms with E-state index in [9.17, 15) is 35.9 Å². The Hall–Kier alpha value is -4.83. The number of aliphatic imine (C=N–C) groups is 1. The van der Waals surface area contributed by atoms with Gasteiger partial charge in [-0.2, -0.15) is 26.3 Å². The average molecular weight is 819 g/mol. The molecule has 2 aromatic carbocycles. The largest absolute Gasteiger partial charge is 0.493 e. The number of carbonyl (C=O) groups is 1. The second-order valence-corrected chi connectivity index (χ2v) is 13.2. The Bertz CT molecular complexity index is 1850. The fourth-order valence-electron chi connectivity index (χ4n) is 5.21. The normalized spacial score (nSPS) is 11.3. The lowest BCUT2D eigenvalue weighted by Gasteiger charge is -2.20. The Kier molecular flexibility index (Phi) is 21.2. The summed E-state index contributed by atoms with van der Waals surface area (Å²) in [4.78, 5) is 26.1. The minimum Gasteiger partial charge on any atom is -0.493 e. The van der Waals surface area contributed by atoms with Crippen LogP contribution in [0, 0.1) is 0 Å². The molecule has 0 aliphatic carbocycles. The van der Waals surface area contributed by atoms with Gasteiger partial charge in [0.2, 0.25) is 6.08 Å². The standard InChI is InChI=1S/C19H26F3N3O3.C15H19F3N2O2.C4H7NO.CH4/c1-5-7-13-15(27-11-6-10-25(4)18(26)23-12(2)3)9-8-14-16(13)28-24-17(14)19(20,21)22;1-3-5-10-12(21-9-4-8-19-2)7-6-11-13(10)22-20-14(11)15(16,17)18;1-4(2)5-3-6;/h8-9,12H,5-7,10-11H2,1-4H3,(H,23,26);6-7,19H,3-5,8-9H2,1-2H3;4H,1-2H3;1H4. The van der Waals surface area contributed by atoms with Crippen LogP contribution in [0.2, 0.25) is 0 Å². The van der Waals surface area contributed by atoms with Crippen molar-refractivity contribution >= 4 is 34.0 Å². The monoisotopic (exact) mass is 818 g/mol. The molecule has 0 spiro atoms. The first kappa shape index (κ1) is 50.2. The lowest BCUT2D eigenvalue weighted by atomic mass is 10.0. The molecule has 0 bridgehead atoms. The van der Waals surface area contributed by atoms with E-state index in [2.05, 4.69) is 25.9 Å². The number of benzene rings is 2. The molecule has 0 saturated heterocycles. The molecule has 0 fully saturated rings. The molecule has 18 heteroatoms. The molecule has 0 unspecified atom stereocenters. The van der Waals surface area contributed by atoms with Crippen LogP contribution < -0.4 is 20.1 Å². The fourth-order valence-corrected chi connectivity index (χ4v) is 5.21. The lowest BCUT2D eigenvalue weighted by molar-refractivity contribution is -0.142. The van der Waals surface area contributed by atoms with E-state index in [1.54, 1.807) is 18.0 Å². The average Bonchev–Trinajstić information content (AvgIpc) is 3.76. The summed E-state index contributed by atoms with van der Waals surface area (Å²) in [6, 6.07) is 5.77. The number of fused-ring (bicyclic) bond motifs is 2. The van der Waals surface area contributed by atoms with E-state index in [-0.39, 0.29) is 47.5 Å². The van der Waals surface area contributed by atoms with Crippen LogP contribution in [0.4, 0.5) is 31.1 Å². The van der Waals surface area contributed by atoms with Gasteiger partial charge in [-0.15, -0.1) is 0 Å². The fraction of sp³-hybridized carbons (Fsp3) is 0.590. The van der Waals surface area contributed by atoms with Crippen molar-refractivity contribution in [2.45, 2.75) is 112 Å². The highest BCUT2D eigenvalue weighted by atomic mass is 19.4. The molecule has 2 N–H and O–H groups in total. The molecule has 57 heavy (non-hydrogen) atoms. The summed E-state index contributed by atoms with van der Waals surface area (Å²) in [5.74, 6) is 1.05. The van der Waals surface area contributed by atoms with Gasteiger partial charge in [-0.05, 0) is 91.2 Å². The molecule has 2 amide bonds. The number of nitrogens with zero attached hydrogens (tertiary/aromatic N) is 4. The van der Waals surface area contributed by atoms with Gasteiger partial charge in [-0.25, -0.2) is 14.6 Å². The Morgan fingerprint density at radius 2 is 1.30 bits per heavy atom. The van der Waals surface area contributed by atoms with Gasteiger partial charge in [0.1, 0.15) is 11.5 Å². The van der Waals surface area contributed by atoms with E-state index in [4.69, 9.17) is 18.5 Å². The predicted octanol–water partition coefficient (Wildman–Crippen LogP) is 9.77. The number of carbonyl (C=O) groups excluding carboxylic acids is 2. The first-order chi connectivity index (χ1) is 26.4. The maximum Gasteiger partial charge on any atom is 0.437 e. The Labute approximate surface area is 329 Å². The third-order valence-corrected chi connectivity index (χ3v) is 7.73. The van der Waals surface area contributed by atoms with Crippen molar-refractivity contribution in [1.82, 2.24) is 25.8 Å². The predicted molar refractivity (Wildman–Crippen MR) is 206 cm³/mol. The molecule has 0 aliphatic heterocycles. The minimum atomic E-state index is -4.57. The van der Waals surface area contributed by atoms with Crippen LogP contribution in [-0.2, 0) is 30.0 Å². The molecule has 0 saturated carbocycles. The number of isocyanates is 1. The van der Waals surface area contributed by atoms with Gasteiger partial charge in [-0.3, -0.25) is 0 Å². The molecule has 2 heterocycles. The smallest absolute Gasteiger partial charge is 0.437 e. The van der Waals surface area contributed by atoms with Crippen molar-refractivity contribution in [3.05, 3.63) is 46.8 Å². The number of hydrogen-bond acceptors (Lipinski definition) is 10. The molecule has 12 nitrogen and oxygen atoms in total. The van der Waals surface area contributed by atoms with Crippen molar-refractivity contribution in [3.8, 4) is 11.5 Å². The van der Waals surface area contributed by atoms with Crippen molar-refractivity contribution in [2.75, 3.05) is 40.4 Å². The molecular formula is C39H56F6N6O6. The van der Waals surface area contributed by atoms with E-state index in [1.807, 2.05) is 48.6 Å². The van der Waals surface area contributed by atoms with Crippen molar-refractivity contribution in [3.63, 3.8) is 0 Å². The summed E-state index contributed by atoms with van der Waals surface area (Å²) in [6.45, 7) is 13.4. The number of aryl methyl sites for hydroxylation is 2. The van der Waals surface area contributed by atoms with Crippen LogP contribution in [0.25, 0.3) is 21.9 Å². The summed E-state index contributed by atoms with van der Waals surface area (Å²) >= 11 is 0. The number of rotatable bonds is 16. The maximum atomic E-state index is 13.0. The lowest BCUT2D eigenvalue weighted by Crippen LogP contribution is -2.41. The zero-order valence-electron chi connectivity index (χ0n) is 33.0. The summed E-state index contributed by atoms with van der Waals surface area (Å²) in [6.07, 6.45) is -3.69. The quantitative estimate of drug-likeness (QED) is 0.0489. The number of amides is 2. The van der Waals surface area contributed by atoms with Gasteiger partial charge in [0.25, 0.3) is 0 Å². The second kappa shape index (κ2) is 24.1. The number of ether oxygens (including phenoxy) is 2. The Balaban J connectivity index is 0.000000500. The van der Waals surface area contributed by atoms with Gasteiger partial charge in [0, 0.05) is 30.8 Å². The highest BCUT2D eigenvalue weighted by Gasteiger charge is 2.38. The number of urea groups is 1. The molecule has 4 rings (SSSR count). The van der Waals surface area contributed by atoms with E-state index in [0.29, 0.717) is 61.6 Å². The van der Waals surface area contributed by atoms with E-state index in [0.717, 1.165) is 25.8 Å². The summed E-state index contributed by atoms with van der Waals surface area (Å²) in [5, 5.41) is 12.1. The number of nitrogens with one attached hydrogen (secondary N) is 2. The molecule has 0 aliphatic rings. The summed E-state index contributed by atoms with van der Waals surface area (Å²) in [7, 11) is 3.54. The van der Waals surface area contributed by atoms with Gasteiger partial charge >= 0.3 is 18.4 Å². The molecule has 2 aromatic heterocycles. The van der Waals surface area contributed by atoms with Crippen molar-refractivity contribution in [1.29, 1.82) is 0 Å². The van der Waals surface area contributed by atoms with E-state index >= 15 is 0 Å². The van der Waals surface area contributed by atoms with Crippen LogP contribution in [0.3, 0.4) is 0 Å². The van der Waals surface area contributed by atoms with Gasteiger partial charge in [0.05, 0.1) is 30.0 Å². The summed E-state index contributed by atoms with van der Waals surface area (Å²) in [5.41, 5.74) is -0.507. The highest BCUT2D eigenvalue weighted by Crippen LogP contribution is 2.39. The van der Waals surface area contributed by atoms with Crippen molar-refractivity contribution < 1.29 is 54.5 Å². The molecule has 4 aromatic rings. The molecule has 320 valence electrons. The number of halogens is 6. The van der Waals surface area contributed by atoms with E-state index < -0.39 is 23.7 Å². The molecular weight excluding hydrogens is 762 g/mol. The van der Waals surface area contributed by atoms with Gasteiger partial charge in [0.15, 0.2) is 22.6 Å². The minimum absolute atomic E-state index is 0. The van der Waals surface area contributed by atoms with Gasteiger partial charge in [-0.1, -0.05) is 44.4 Å². The van der Waals surface area contributed by atoms with Crippen molar-refractivity contribution in [2.24, 2.45) is 4.99 Å². The summed E-state index contributed by atoms with van der Waals surface area (Å²) < 4.78 is 99.3. The third-order valence-electron chi connectivity index (χ3n) is 7.73. The zero-order valence-corrected chi connectivity index (χ0v) is 33.0. The Morgan fingerprint density at radius 1 is 0.842 bits per heavy atom. The Morgan fingerprint density at radius 3 is 1.65 bits per heavy atom. The first-order valence-electron chi connectivity index (χ1n) is 18.4.